The number of anilines is 1. The molecule has 0 saturated heterocycles. The maximum atomic E-state index is 12.9. The molecule has 1 aliphatic carbocycles. The Labute approximate surface area is 177 Å². The SMILES string of the molecule is Cc1cc(C)cc(NC(=O)Cn2nc3c4c5c(sc4ncn3c2=O)C[C@@H](C)CC5)c1. The highest BCUT2D eigenvalue weighted by atomic mass is 32.1. The van der Waals surface area contributed by atoms with Crippen molar-refractivity contribution in [2.45, 2.75) is 46.6 Å². The second-order valence-corrected chi connectivity index (χ2v) is 9.42. The highest BCUT2D eigenvalue weighted by molar-refractivity contribution is 7.19. The van der Waals surface area contributed by atoms with Crippen LogP contribution in [0.5, 0.6) is 0 Å². The number of nitrogens with one attached hydrogen (secondary N) is 1. The average Bonchev–Trinajstić information content (AvgIpc) is 3.18. The highest BCUT2D eigenvalue weighted by Gasteiger charge is 2.24. The largest absolute Gasteiger partial charge is 0.352 e. The molecule has 1 amide bonds. The Morgan fingerprint density at radius 1 is 1.27 bits per heavy atom. The number of hydrogen-bond donors (Lipinski definition) is 1. The number of rotatable bonds is 3. The lowest BCUT2D eigenvalue weighted by atomic mass is 9.89. The van der Waals surface area contributed by atoms with Crippen LogP contribution in [-0.4, -0.2) is 25.1 Å². The second-order valence-electron chi connectivity index (χ2n) is 8.33. The van der Waals surface area contributed by atoms with Gasteiger partial charge in [0.2, 0.25) is 5.91 Å². The summed E-state index contributed by atoms with van der Waals surface area (Å²) in [5.74, 6) is 0.381. The molecule has 30 heavy (non-hydrogen) atoms. The van der Waals surface area contributed by atoms with Gasteiger partial charge in [0.25, 0.3) is 0 Å². The molecular weight excluding hydrogens is 398 g/mol. The van der Waals surface area contributed by atoms with Gasteiger partial charge in [-0.2, -0.15) is 0 Å². The van der Waals surface area contributed by atoms with E-state index in [0.29, 0.717) is 11.6 Å². The van der Waals surface area contributed by atoms with Crippen molar-refractivity contribution in [3.05, 3.63) is 56.6 Å². The summed E-state index contributed by atoms with van der Waals surface area (Å²) < 4.78 is 2.68. The zero-order valence-corrected chi connectivity index (χ0v) is 18.0. The molecule has 1 aliphatic rings. The van der Waals surface area contributed by atoms with E-state index in [4.69, 9.17) is 0 Å². The van der Waals surface area contributed by atoms with E-state index in [9.17, 15) is 9.59 Å². The number of aromatic nitrogens is 4. The standard InChI is InChI=1S/C22H23N5O2S/c1-12-4-5-16-17(9-12)30-21-19(16)20-25-27(22(29)26(20)11-23-21)10-18(28)24-15-7-13(2)6-14(3)8-15/h6-8,11-12H,4-5,9-10H2,1-3H3,(H,24,28)/t12-/m0/s1. The molecule has 8 heteroatoms. The van der Waals surface area contributed by atoms with Crippen molar-refractivity contribution >= 4 is 38.8 Å². The lowest BCUT2D eigenvalue weighted by molar-refractivity contribution is -0.117. The smallest absolute Gasteiger partial charge is 0.324 e. The maximum Gasteiger partial charge on any atom is 0.352 e. The first-order valence-corrected chi connectivity index (χ1v) is 11.0. The minimum absolute atomic E-state index is 0.141. The fourth-order valence-corrected chi connectivity index (χ4v) is 5.69. The summed E-state index contributed by atoms with van der Waals surface area (Å²) >= 11 is 1.70. The zero-order valence-electron chi connectivity index (χ0n) is 17.2. The monoisotopic (exact) mass is 421 g/mol. The number of thiophene rings is 1. The fourth-order valence-electron chi connectivity index (χ4n) is 4.35. The predicted octanol–water partition coefficient (Wildman–Crippen LogP) is 3.49. The van der Waals surface area contributed by atoms with Gasteiger partial charge in [-0.3, -0.25) is 4.79 Å². The molecule has 0 bridgehead atoms. The van der Waals surface area contributed by atoms with Crippen molar-refractivity contribution in [1.82, 2.24) is 19.2 Å². The first kappa shape index (κ1) is 19.0. The van der Waals surface area contributed by atoms with Crippen LogP contribution in [0, 0.1) is 19.8 Å². The Hall–Kier alpha value is -3.00. The molecule has 3 aromatic heterocycles. The van der Waals surface area contributed by atoms with Crippen LogP contribution in [0.15, 0.2) is 29.3 Å². The molecule has 5 rings (SSSR count). The Bertz CT molecular complexity index is 1340. The van der Waals surface area contributed by atoms with Gasteiger partial charge in [-0.15, -0.1) is 16.4 Å². The Balaban J connectivity index is 1.51. The molecule has 1 atom stereocenters. The molecule has 0 spiro atoms. The van der Waals surface area contributed by atoms with Crippen LogP contribution >= 0.6 is 11.3 Å². The van der Waals surface area contributed by atoms with Crippen molar-refractivity contribution in [1.29, 1.82) is 0 Å². The summed E-state index contributed by atoms with van der Waals surface area (Å²) in [6.45, 7) is 6.09. The summed E-state index contributed by atoms with van der Waals surface area (Å²) in [7, 11) is 0. The van der Waals surface area contributed by atoms with Crippen molar-refractivity contribution in [3.8, 4) is 0 Å². The molecule has 1 aromatic carbocycles. The van der Waals surface area contributed by atoms with Crippen LogP contribution in [0.1, 0.15) is 34.9 Å². The van der Waals surface area contributed by atoms with Crippen molar-refractivity contribution < 1.29 is 4.79 Å². The predicted molar refractivity (Wildman–Crippen MR) is 118 cm³/mol. The zero-order chi connectivity index (χ0) is 21.0. The summed E-state index contributed by atoms with van der Waals surface area (Å²) in [5, 5.41) is 8.37. The second kappa shape index (κ2) is 7.05. The molecule has 3 heterocycles. The highest BCUT2D eigenvalue weighted by Crippen LogP contribution is 2.38. The fraction of sp³-hybridized carbons (Fsp3) is 0.364. The average molecular weight is 422 g/mol. The Morgan fingerprint density at radius 2 is 2.03 bits per heavy atom. The van der Waals surface area contributed by atoms with Crippen LogP contribution < -0.4 is 11.0 Å². The molecule has 0 radical (unpaired) electrons. The Kier molecular flexibility index (Phi) is 4.47. The van der Waals surface area contributed by atoms with Crippen LogP contribution in [-0.2, 0) is 24.2 Å². The lowest BCUT2D eigenvalue weighted by Crippen LogP contribution is -2.28. The van der Waals surface area contributed by atoms with Gasteiger partial charge in [-0.1, -0.05) is 13.0 Å². The summed E-state index contributed by atoms with van der Waals surface area (Å²) in [5.41, 5.74) is 4.37. The Morgan fingerprint density at radius 3 is 2.80 bits per heavy atom. The molecule has 0 fully saturated rings. The van der Waals surface area contributed by atoms with Gasteiger partial charge in [0.15, 0.2) is 5.65 Å². The van der Waals surface area contributed by atoms with Gasteiger partial charge >= 0.3 is 5.69 Å². The van der Waals surface area contributed by atoms with E-state index in [1.807, 2.05) is 32.0 Å². The van der Waals surface area contributed by atoms with Crippen molar-refractivity contribution in [2.75, 3.05) is 5.32 Å². The van der Waals surface area contributed by atoms with E-state index in [1.54, 1.807) is 11.3 Å². The number of amides is 1. The van der Waals surface area contributed by atoms with Gasteiger partial charge in [0.1, 0.15) is 17.7 Å². The lowest BCUT2D eigenvalue weighted by Gasteiger charge is -2.17. The van der Waals surface area contributed by atoms with Gasteiger partial charge in [-0.25, -0.2) is 18.9 Å². The molecule has 0 saturated carbocycles. The maximum absolute atomic E-state index is 12.9. The summed E-state index contributed by atoms with van der Waals surface area (Å²) in [4.78, 5) is 32.2. The summed E-state index contributed by atoms with van der Waals surface area (Å²) in [6, 6.07) is 5.86. The van der Waals surface area contributed by atoms with Crippen LogP contribution in [0.25, 0.3) is 15.9 Å². The summed E-state index contributed by atoms with van der Waals surface area (Å²) in [6.07, 6.45) is 4.68. The first-order valence-electron chi connectivity index (χ1n) is 10.2. The normalized spacial score (nSPS) is 16.2. The molecular formula is C22H23N5O2S. The van der Waals surface area contributed by atoms with Gasteiger partial charge in [0.05, 0.1) is 5.39 Å². The van der Waals surface area contributed by atoms with Crippen molar-refractivity contribution in [3.63, 3.8) is 0 Å². The number of fused-ring (bicyclic) bond motifs is 5. The van der Waals surface area contributed by atoms with Gasteiger partial charge < -0.3 is 5.32 Å². The number of aryl methyl sites for hydroxylation is 3. The first-order chi connectivity index (χ1) is 14.4. The van der Waals surface area contributed by atoms with Crippen LogP contribution in [0.3, 0.4) is 0 Å². The van der Waals surface area contributed by atoms with Crippen molar-refractivity contribution in [2.24, 2.45) is 5.92 Å². The van der Waals surface area contributed by atoms with Crippen LogP contribution in [0.4, 0.5) is 5.69 Å². The van der Waals surface area contributed by atoms with E-state index in [2.05, 4.69) is 22.3 Å². The topological polar surface area (TPSA) is 81.3 Å². The minimum atomic E-state index is -0.348. The van der Waals surface area contributed by atoms with E-state index in [1.165, 1.54) is 25.9 Å². The quantitative estimate of drug-likeness (QED) is 0.549. The third-order valence-corrected chi connectivity index (χ3v) is 6.84. The number of benzene rings is 1. The van der Waals surface area contributed by atoms with Gasteiger partial charge in [0, 0.05) is 10.6 Å². The third-order valence-electron chi connectivity index (χ3n) is 5.68. The molecule has 7 nitrogen and oxygen atoms in total. The minimum Gasteiger partial charge on any atom is -0.324 e. The third kappa shape index (κ3) is 3.21. The van der Waals surface area contributed by atoms with Crippen LogP contribution in [0.2, 0.25) is 0 Å². The van der Waals surface area contributed by atoms with Gasteiger partial charge in [-0.05, 0) is 67.9 Å². The molecule has 1 N–H and O–H groups in total. The number of hydrogen-bond acceptors (Lipinski definition) is 5. The molecule has 0 aliphatic heterocycles. The number of nitrogens with zero attached hydrogens (tertiary/aromatic N) is 4. The van der Waals surface area contributed by atoms with E-state index in [-0.39, 0.29) is 18.1 Å². The van der Waals surface area contributed by atoms with E-state index >= 15 is 0 Å². The number of carbonyl (C=O) groups is 1. The molecule has 154 valence electrons. The number of carbonyl (C=O) groups excluding carboxylic acids is 1. The molecule has 4 aromatic rings. The molecule has 0 unspecified atom stereocenters. The van der Waals surface area contributed by atoms with E-state index < -0.39 is 0 Å². The van der Waals surface area contributed by atoms with E-state index in [0.717, 1.165) is 46.3 Å².